The zero-order valence-electron chi connectivity index (χ0n) is 14.2. The molecule has 1 saturated carbocycles. The van der Waals surface area contributed by atoms with Crippen LogP contribution < -0.4 is 10.6 Å². The SMILES string of the molecule is Cc1ccc(NC(=O)CN2CCC(NCC3CC3)CC2)cc1Cl.Cl. The van der Waals surface area contributed by atoms with Gasteiger partial charge in [0.05, 0.1) is 6.54 Å². The van der Waals surface area contributed by atoms with Gasteiger partial charge in [-0.25, -0.2) is 0 Å². The number of piperidine rings is 1. The number of nitrogens with one attached hydrogen (secondary N) is 2. The Morgan fingerprint density at radius 2 is 1.96 bits per heavy atom. The van der Waals surface area contributed by atoms with E-state index in [0.29, 0.717) is 17.6 Å². The number of hydrogen-bond acceptors (Lipinski definition) is 3. The molecular weight excluding hydrogens is 345 g/mol. The summed E-state index contributed by atoms with van der Waals surface area (Å²) in [5, 5.41) is 7.29. The molecule has 0 radical (unpaired) electrons. The number of halogens is 2. The van der Waals surface area contributed by atoms with E-state index in [1.807, 2.05) is 25.1 Å². The summed E-state index contributed by atoms with van der Waals surface area (Å²) in [6.45, 7) is 5.57. The van der Waals surface area contributed by atoms with Gasteiger partial charge in [-0.3, -0.25) is 9.69 Å². The van der Waals surface area contributed by atoms with Crippen molar-refractivity contribution < 1.29 is 4.79 Å². The van der Waals surface area contributed by atoms with Crippen molar-refractivity contribution in [3.63, 3.8) is 0 Å². The van der Waals surface area contributed by atoms with Crippen LogP contribution >= 0.6 is 24.0 Å². The standard InChI is InChI=1S/C18H26ClN3O.ClH/c1-13-2-5-16(10-17(13)19)21-18(23)12-22-8-6-15(7-9-22)20-11-14-3-4-14;/h2,5,10,14-15,20H,3-4,6-9,11-12H2,1H3,(H,21,23);1H. The second kappa shape index (κ2) is 9.04. The Balaban J connectivity index is 0.00000208. The smallest absolute Gasteiger partial charge is 0.238 e. The lowest BCUT2D eigenvalue weighted by Crippen LogP contribution is -2.45. The summed E-state index contributed by atoms with van der Waals surface area (Å²) >= 11 is 6.09. The van der Waals surface area contributed by atoms with Gasteiger partial charge in [-0.1, -0.05) is 17.7 Å². The largest absolute Gasteiger partial charge is 0.325 e. The molecule has 3 rings (SSSR count). The Bertz CT molecular complexity index is 555. The van der Waals surface area contributed by atoms with Crippen LogP contribution in [0.5, 0.6) is 0 Å². The molecule has 1 aliphatic carbocycles. The molecule has 1 heterocycles. The van der Waals surface area contributed by atoms with Gasteiger partial charge in [-0.15, -0.1) is 12.4 Å². The average Bonchev–Trinajstić information content (AvgIpc) is 3.34. The normalized spacial score (nSPS) is 18.9. The third kappa shape index (κ3) is 5.92. The number of amides is 1. The van der Waals surface area contributed by atoms with Gasteiger partial charge in [0.2, 0.25) is 5.91 Å². The van der Waals surface area contributed by atoms with E-state index < -0.39 is 0 Å². The van der Waals surface area contributed by atoms with Crippen LogP contribution in [0.3, 0.4) is 0 Å². The minimum absolute atomic E-state index is 0. The summed E-state index contributed by atoms with van der Waals surface area (Å²) in [7, 11) is 0. The van der Waals surface area contributed by atoms with E-state index in [0.717, 1.165) is 43.1 Å². The zero-order valence-corrected chi connectivity index (χ0v) is 15.8. The molecule has 24 heavy (non-hydrogen) atoms. The highest BCUT2D eigenvalue weighted by Crippen LogP contribution is 2.28. The van der Waals surface area contributed by atoms with Crippen molar-refractivity contribution in [3.8, 4) is 0 Å². The maximum Gasteiger partial charge on any atom is 0.238 e. The van der Waals surface area contributed by atoms with Gasteiger partial charge >= 0.3 is 0 Å². The third-order valence-electron chi connectivity index (χ3n) is 4.80. The summed E-state index contributed by atoms with van der Waals surface area (Å²) in [5.74, 6) is 0.967. The van der Waals surface area contributed by atoms with E-state index in [4.69, 9.17) is 11.6 Å². The Morgan fingerprint density at radius 1 is 1.25 bits per heavy atom. The molecule has 0 spiro atoms. The first-order valence-corrected chi connectivity index (χ1v) is 8.99. The second-order valence-electron chi connectivity index (χ2n) is 6.91. The summed E-state index contributed by atoms with van der Waals surface area (Å²) in [4.78, 5) is 14.4. The number of nitrogens with zero attached hydrogens (tertiary/aromatic N) is 1. The maximum absolute atomic E-state index is 12.2. The minimum Gasteiger partial charge on any atom is -0.325 e. The van der Waals surface area contributed by atoms with Crippen molar-refractivity contribution in [1.82, 2.24) is 10.2 Å². The Hall–Kier alpha value is -0.810. The van der Waals surface area contributed by atoms with Gasteiger partial charge in [-0.05, 0) is 62.8 Å². The van der Waals surface area contributed by atoms with Crippen LogP contribution in [0.15, 0.2) is 18.2 Å². The molecule has 2 N–H and O–H groups in total. The Morgan fingerprint density at radius 3 is 2.58 bits per heavy atom. The summed E-state index contributed by atoms with van der Waals surface area (Å²) in [6, 6.07) is 6.26. The van der Waals surface area contributed by atoms with Gasteiger partial charge in [0.1, 0.15) is 0 Å². The lowest BCUT2D eigenvalue weighted by atomic mass is 10.0. The fourth-order valence-electron chi connectivity index (χ4n) is 3.02. The first-order chi connectivity index (χ1) is 11.1. The van der Waals surface area contributed by atoms with Crippen LogP contribution in [0.25, 0.3) is 0 Å². The van der Waals surface area contributed by atoms with Crippen LogP contribution in [-0.2, 0) is 4.79 Å². The number of rotatable bonds is 6. The molecule has 4 nitrogen and oxygen atoms in total. The Labute approximate surface area is 155 Å². The van der Waals surface area contributed by atoms with Gasteiger partial charge in [0.15, 0.2) is 0 Å². The highest BCUT2D eigenvalue weighted by atomic mass is 35.5. The van der Waals surface area contributed by atoms with Crippen LogP contribution in [0.1, 0.15) is 31.2 Å². The van der Waals surface area contributed by atoms with Crippen molar-refractivity contribution in [3.05, 3.63) is 28.8 Å². The number of carbonyl (C=O) groups excluding carboxylic acids is 1. The summed E-state index contributed by atoms with van der Waals surface area (Å²) in [5.41, 5.74) is 1.79. The van der Waals surface area contributed by atoms with Gasteiger partial charge in [0, 0.05) is 29.8 Å². The second-order valence-corrected chi connectivity index (χ2v) is 7.32. The fourth-order valence-corrected chi connectivity index (χ4v) is 3.21. The average molecular weight is 372 g/mol. The minimum atomic E-state index is 0. The van der Waals surface area contributed by atoms with E-state index in [2.05, 4.69) is 15.5 Å². The number of benzene rings is 1. The molecule has 2 aliphatic rings. The molecule has 1 aliphatic heterocycles. The van der Waals surface area contributed by atoms with Crippen molar-refractivity contribution >= 4 is 35.6 Å². The van der Waals surface area contributed by atoms with Crippen molar-refractivity contribution in [2.45, 2.75) is 38.6 Å². The number of carbonyl (C=O) groups is 1. The lowest BCUT2D eigenvalue weighted by Gasteiger charge is -2.32. The predicted octanol–water partition coefficient (Wildman–Crippen LogP) is 3.47. The molecule has 0 bridgehead atoms. The first-order valence-electron chi connectivity index (χ1n) is 8.62. The van der Waals surface area contributed by atoms with Crippen LogP contribution in [-0.4, -0.2) is 43.0 Å². The van der Waals surface area contributed by atoms with Crippen LogP contribution in [0.4, 0.5) is 5.69 Å². The van der Waals surface area contributed by atoms with Crippen molar-refractivity contribution in [2.75, 3.05) is 31.5 Å². The van der Waals surface area contributed by atoms with Gasteiger partial charge < -0.3 is 10.6 Å². The highest BCUT2D eigenvalue weighted by molar-refractivity contribution is 6.31. The molecule has 6 heteroatoms. The monoisotopic (exact) mass is 371 g/mol. The molecule has 1 aromatic rings. The highest BCUT2D eigenvalue weighted by Gasteiger charge is 2.24. The van der Waals surface area contributed by atoms with E-state index in [1.165, 1.54) is 19.4 Å². The van der Waals surface area contributed by atoms with Crippen LogP contribution in [0.2, 0.25) is 5.02 Å². The molecule has 1 amide bonds. The molecule has 134 valence electrons. The molecule has 0 unspecified atom stereocenters. The van der Waals surface area contributed by atoms with Crippen LogP contribution in [0, 0.1) is 12.8 Å². The predicted molar refractivity (Wildman–Crippen MR) is 102 cm³/mol. The van der Waals surface area contributed by atoms with E-state index in [1.54, 1.807) is 0 Å². The van der Waals surface area contributed by atoms with E-state index >= 15 is 0 Å². The molecular formula is C18H27Cl2N3O. The number of likely N-dealkylation sites (tertiary alicyclic amines) is 1. The van der Waals surface area contributed by atoms with Crippen molar-refractivity contribution in [2.24, 2.45) is 5.92 Å². The quantitative estimate of drug-likeness (QED) is 0.804. The van der Waals surface area contributed by atoms with Gasteiger partial charge in [-0.2, -0.15) is 0 Å². The molecule has 2 fully saturated rings. The molecule has 0 atom stereocenters. The van der Waals surface area contributed by atoms with E-state index in [-0.39, 0.29) is 18.3 Å². The first kappa shape index (κ1) is 19.5. The number of aryl methyl sites for hydroxylation is 1. The molecule has 1 aromatic carbocycles. The maximum atomic E-state index is 12.2. The number of anilines is 1. The number of hydrogen-bond donors (Lipinski definition) is 2. The molecule has 1 saturated heterocycles. The van der Waals surface area contributed by atoms with Crippen molar-refractivity contribution in [1.29, 1.82) is 0 Å². The zero-order chi connectivity index (χ0) is 16.2. The molecule has 0 aromatic heterocycles. The topological polar surface area (TPSA) is 44.4 Å². The van der Waals surface area contributed by atoms with Gasteiger partial charge in [0.25, 0.3) is 0 Å². The van der Waals surface area contributed by atoms with E-state index in [9.17, 15) is 4.79 Å². The fraction of sp³-hybridized carbons (Fsp3) is 0.611. The lowest BCUT2D eigenvalue weighted by molar-refractivity contribution is -0.117. The third-order valence-corrected chi connectivity index (χ3v) is 5.21. The summed E-state index contributed by atoms with van der Waals surface area (Å²) in [6.07, 6.45) is 5.07. The Kier molecular flexibility index (Phi) is 7.35. The summed E-state index contributed by atoms with van der Waals surface area (Å²) < 4.78 is 0.